The van der Waals surface area contributed by atoms with Gasteiger partial charge in [0.15, 0.2) is 0 Å². The van der Waals surface area contributed by atoms with Gasteiger partial charge in [0.25, 0.3) is 0 Å². The summed E-state index contributed by atoms with van der Waals surface area (Å²) in [7, 11) is 0. The van der Waals surface area contributed by atoms with Crippen LogP contribution in [0.1, 0.15) is 33.0 Å². The molecule has 0 radical (unpaired) electrons. The van der Waals surface area contributed by atoms with E-state index >= 15 is 0 Å². The molecule has 16 heavy (non-hydrogen) atoms. The van der Waals surface area contributed by atoms with Crippen molar-refractivity contribution < 1.29 is 0 Å². The Labute approximate surface area is 102 Å². The maximum atomic E-state index is 4.29. The summed E-state index contributed by atoms with van der Waals surface area (Å²) in [6, 6.07) is 0.531. The minimum absolute atomic E-state index is 0.531. The van der Waals surface area contributed by atoms with Crippen molar-refractivity contribution in [2.75, 3.05) is 12.3 Å². The van der Waals surface area contributed by atoms with Crippen molar-refractivity contribution in [1.82, 2.24) is 20.5 Å². The molecule has 0 amide bonds. The Balaban J connectivity index is 2.37. The Bertz CT molecular complexity index is 298. The first-order valence-corrected chi connectivity index (χ1v) is 6.87. The predicted molar refractivity (Wildman–Crippen MR) is 68.8 cm³/mol. The minimum Gasteiger partial charge on any atom is -0.313 e. The molecule has 1 aromatic heterocycles. The molecule has 1 aromatic rings. The number of aryl methyl sites for hydroxylation is 1. The SMILES string of the molecule is CCCNC(CSc1n[nH]c(C)n1)C(C)C. The third-order valence-electron chi connectivity index (χ3n) is 2.43. The summed E-state index contributed by atoms with van der Waals surface area (Å²) in [6.45, 7) is 9.69. The highest BCUT2D eigenvalue weighted by molar-refractivity contribution is 7.99. The molecule has 0 bridgehead atoms. The van der Waals surface area contributed by atoms with Gasteiger partial charge < -0.3 is 5.32 Å². The third-order valence-corrected chi connectivity index (χ3v) is 3.40. The number of aromatic amines is 1. The van der Waals surface area contributed by atoms with Crippen LogP contribution in [0.25, 0.3) is 0 Å². The molecule has 5 heteroatoms. The van der Waals surface area contributed by atoms with E-state index in [0.29, 0.717) is 12.0 Å². The van der Waals surface area contributed by atoms with Gasteiger partial charge in [-0.15, -0.1) is 5.10 Å². The molecule has 0 fully saturated rings. The molecule has 92 valence electrons. The first-order valence-electron chi connectivity index (χ1n) is 5.88. The highest BCUT2D eigenvalue weighted by atomic mass is 32.2. The van der Waals surface area contributed by atoms with E-state index in [1.54, 1.807) is 11.8 Å². The standard InChI is InChI=1S/C11H22N4S/c1-5-6-12-10(8(2)3)7-16-11-13-9(4)14-15-11/h8,10,12H,5-7H2,1-4H3,(H,13,14,15). The van der Waals surface area contributed by atoms with Crippen molar-refractivity contribution in [3.05, 3.63) is 5.82 Å². The average Bonchev–Trinajstić information content (AvgIpc) is 2.64. The molecule has 1 rings (SSSR count). The number of hydrogen-bond acceptors (Lipinski definition) is 4. The molecule has 0 aliphatic carbocycles. The van der Waals surface area contributed by atoms with E-state index in [1.165, 1.54) is 6.42 Å². The van der Waals surface area contributed by atoms with Gasteiger partial charge in [0.2, 0.25) is 5.16 Å². The van der Waals surface area contributed by atoms with Gasteiger partial charge >= 0.3 is 0 Å². The fraction of sp³-hybridized carbons (Fsp3) is 0.818. The molecule has 1 heterocycles. The van der Waals surface area contributed by atoms with Crippen LogP contribution < -0.4 is 5.32 Å². The molecule has 0 aliphatic heterocycles. The van der Waals surface area contributed by atoms with Crippen LogP contribution in [0.15, 0.2) is 5.16 Å². The lowest BCUT2D eigenvalue weighted by Gasteiger charge is -2.21. The molecular formula is C11H22N4S. The summed E-state index contributed by atoms with van der Waals surface area (Å²) in [4.78, 5) is 4.29. The maximum Gasteiger partial charge on any atom is 0.208 e. The highest BCUT2D eigenvalue weighted by Crippen LogP contribution is 2.16. The zero-order chi connectivity index (χ0) is 12.0. The monoisotopic (exact) mass is 242 g/mol. The van der Waals surface area contributed by atoms with Crippen molar-refractivity contribution >= 4 is 11.8 Å². The van der Waals surface area contributed by atoms with Gasteiger partial charge in [0.1, 0.15) is 5.82 Å². The van der Waals surface area contributed by atoms with Crippen LogP contribution >= 0.6 is 11.8 Å². The number of thioether (sulfide) groups is 1. The van der Waals surface area contributed by atoms with Crippen molar-refractivity contribution in [1.29, 1.82) is 0 Å². The van der Waals surface area contributed by atoms with Crippen molar-refractivity contribution in [2.24, 2.45) is 5.92 Å². The highest BCUT2D eigenvalue weighted by Gasteiger charge is 2.13. The fourth-order valence-electron chi connectivity index (χ4n) is 1.37. The second-order valence-electron chi connectivity index (χ2n) is 4.32. The lowest BCUT2D eigenvalue weighted by atomic mass is 10.1. The summed E-state index contributed by atoms with van der Waals surface area (Å²) >= 11 is 1.71. The van der Waals surface area contributed by atoms with Gasteiger partial charge in [-0.25, -0.2) is 4.98 Å². The average molecular weight is 242 g/mol. The predicted octanol–water partition coefficient (Wildman–Crippen LogP) is 2.23. The number of aromatic nitrogens is 3. The zero-order valence-corrected chi connectivity index (χ0v) is 11.4. The van der Waals surface area contributed by atoms with E-state index in [2.05, 4.69) is 41.3 Å². The molecule has 0 aliphatic rings. The van der Waals surface area contributed by atoms with E-state index in [1.807, 2.05) is 6.92 Å². The van der Waals surface area contributed by atoms with Gasteiger partial charge in [0, 0.05) is 11.8 Å². The molecule has 0 aromatic carbocycles. The second kappa shape index (κ2) is 6.91. The Hall–Kier alpha value is -0.550. The summed E-state index contributed by atoms with van der Waals surface area (Å²) in [6.07, 6.45) is 1.17. The first kappa shape index (κ1) is 13.5. The number of hydrogen-bond donors (Lipinski definition) is 2. The van der Waals surface area contributed by atoms with Crippen molar-refractivity contribution in [3.8, 4) is 0 Å². The van der Waals surface area contributed by atoms with Gasteiger partial charge in [-0.05, 0) is 25.8 Å². The summed E-state index contributed by atoms with van der Waals surface area (Å²) in [5.74, 6) is 2.54. The van der Waals surface area contributed by atoms with Gasteiger partial charge in [0.05, 0.1) is 0 Å². The maximum absolute atomic E-state index is 4.29. The second-order valence-corrected chi connectivity index (χ2v) is 5.31. The van der Waals surface area contributed by atoms with E-state index in [0.717, 1.165) is 23.3 Å². The van der Waals surface area contributed by atoms with Crippen molar-refractivity contribution in [3.63, 3.8) is 0 Å². The zero-order valence-electron chi connectivity index (χ0n) is 10.6. The molecule has 4 nitrogen and oxygen atoms in total. The van der Waals surface area contributed by atoms with Crippen LogP contribution in [0.3, 0.4) is 0 Å². The minimum atomic E-state index is 0.531. The largest absolute Gasteiger partial charge is 0.313 e. The molecular weight excluding hydrogens is 220 g/mol. The van der Waals surface area contributed by atoms with Crippen LogP contribution in [0.5, 0.6) is 0 Å². The van der Waals surface area contributed by atoms with Crippen molar-refractivity contribution in [2.45, 2.75) is 45.3 Å². The lowest BCUT2D eigenvalue weighted by molar-refractivity contribution is 0.433. The molecule has 0 saturated heterocycles. The Morgan fingerprint density at radius 3 is 2.69 bits per heavy atom. The molecule has 2 N–H and O–H groups in total. The molecule has 0 spiro atoms. The van der Waals surface area contributed by atoms with E-state index in [-0.39, 0.29) is 0 Å². The summed E-state index contributed by atoms with van der Waals surface area (Å²) in [5.41, 5.74) is 0. The number of nitrogens with one attached hydrogen (secondary N) is 2. The van der Waals surface area contributed by atoms with E-state index in [4.69, 9.17) is 0 Å². The molecule has 1 atom stereocenters. The summed E-state index contributed by atoms with van der Waals surface area (Å²) < 4.78 is 0. The van der Waals surface area contributed by atoms with Gasteiger partial charge in [-0.3, -0.25) is 5.10 Å². The van der Waals surface area contributed by atoms with E-state index in [9.17, 15) is 0 Å². The van der Waals surface area contributed by atoms with Crippen LogP contribution in [0, 0.1) is 12.8 Å². The normalized spacial score (nSPS) is 13.3. The third kappa shape index (κ3) is 4.53. The first-order chi connectivity index (χ1) is 7.63. The van der Waals surface area contributed by atoms with Gasteiger partial charge in [-0.2, -0.15) is 0 Å². The van der Waals surface area contributed by atoms with E-state index < -0.39 is 0 Å². The van der Waals surface area contributed by atoms with Gasteiger partial charge in [-0.1, -0.05) is 32.5 Å². The topological polar surface area (TPSA) is 53.6 Å². The Morgan fingerprint density at radius 2 is 2.19 bits per heavy atom. The number of rotatable bonds is 7. The lowest BCUT2D eigenvalue weighted by Crippen LogP contribution is -2.36. The number of nitrogens with zero attached hydrogens (tertiary/aromatic N) is 2. The fourth-order valence-corrected chi connectivity index (χ4v) is 2.51. The van der Waals surface area contributed by atoms with Crippen LogP contribution in [-0.2, 0) is 0 Å². The molecule has 1 unspecified atom stereocenters. The Kier molecular flexibility index (Phi) is 5.84. The molecule has 0 saturated carbocycles. The van der Waals surface area contributed by atoms with Crippen LogP contribution in [-0.4, -0.2) is 33.5 Å². The Morgan fingerprint density at radius 1 is 1.44 bits per heavy atom. The quantitative estimate of drug-likeness (QED) is 0.720. The number of H-pyrrole nitrogens is 1. The smallest absolute Gasteiger partial charge is 0.208 e. The summed E-state index contributed by atoms with van der Waals surface area (Å²) in [5, 5.41) is 11.4. The van der Waals surface area contributed by atoms with Crippen LogP contribution in [0.4, 0.5) is 0 Å². The van der Waals surface area contributed by atoms with Crippen LogP contribution in [0.2, 0.25) is 0 Å².